The predicted molar refractivity (Wildman–Crippen MR) is 85.4 cm³/mol. The molecule has 4 nitrogen and oxygen atoms in total. The smallest absolute Gasteiger partial charge is 0.132 e. The van der Waals surface area contributed by atoms with Crippen LogP contribution in [0.4, 0.5) is 0 Å². The van der Waals surface area contributed by atoms with Crippen LogP contribution < -0.4 is 10.1 Å². The van der Waals surface area contributed by atoms with Crippen molar-refractivity contribution in [2.45, 2.75) is 39.8 Å². The number of nitrogens with one attached hydrogen (secondary N) is 1. The summed E-state index contributed by atoms with van der Waals surface area (Å²) in [4.78, 5) is 0. The molecule has 0 saturated carbocycles. The minimum absolute atomic E-state index is 0.282. The molecule has 0 aliphatic rings. The fourth-order valence-corrected chi connectivity index (χ4v) is 2.29. The van der Waals surface area contributed by atoms with Crippen LogP contribution in [0.1, 0.15) is 43.1 Å². The highest BCUT2D eigenvalue weighted by atomic mass is 16.5. The summed E-state index contributed by atoms with van der Waals surface area (Å²) in [6.07, 6.45) is 3.06. The first-order valence-corrected chi connectivity index (χ1v) is 7.55. The van der Waals surface area contributed by atoms with Gasteiger partial charge in [-0.2, -0.15) is 5.10 Å². The molecule has 21 heavy (non-hydrogen) atoms. The van der Waals surface area contributed by atoms with Gasteiger partial charge in [0.1, 0.15) is 12.4 Å². The maximum atomic E-state index is 6.00. The van der Waals surface area contributed by atoms with Crippen LogP contribution in [0.2, 0.25) is 0 Å². The van der Waals surface area contributed by atoms with E-state index in [1.807, 2.05) is 19.3 Å². The average Bonchev–Trinajstić information content (AvgIpc) is 2.88. The maximum Gasteiger partial charge on any atom is 0.132 e. The molecule has 0 amide bonds. The lowest BCUT2D eigenvalue weighted by atomic mass is 10.0. The van der Waals surface area contributed by atoms with E-state index in [1.165, 1.54) is 11.1 Å². The lowest BCUT2D eigenvalue weighted by molar-refractivity contribution is 0.293. The SMILES string of the molecule is CCCNC(C)c1ccc(C)cc1OCc1ccn(C)n1. The Labute approximate surface area is 127 Å². The fourth-order valence-electron chi connectivity index (χ4n) is 2.29. The van der Waals surface area contributed by atoms with Crippen LogP contribution in [-0.4, -0.2) is 16.3 Å². The lowest BCUT2D eigenvalue weighted by Gasteiger charge is -2.18. The van der Waals surface area contributed by atoms with Gasteiger partial charge in [0.25, 0.3) is 0 Å². The first kappa shape index (κ1) is 15.6. The first-order chi connectivity index (χ1) is 10.1. The number of aromatic nitrogens is 2. The highest BCUT2D eigenvalue weighted by Crippen LogP contribution is 2.27. The summed E-state index contributed by atoms with van der Waals surface area (Å²) < 4.78 is 7.80. The molecule has 1 aromatic heterocycles. The predicted octanol–water partition coefficient (Wildman–Crippen LogP) is 3.37. The van der Waals surface area contributed by atoms with Crippen molar-refractivity contribution in [1.82, 2.24) is 15.1 Å². The lowest BCUT2D eigenvalue weighted by Crippen LogP contribution is -2.20. The van der Waals surface area contributed by atoms with E-state index in [2.05, 4.69) is 49.4 Å². The molecule has 0 fully saturated rings. The van der Waals surface area contributed by atoms with E-state index in [9.17, 15) is 0 Å². The molecule has 4 heteroatoms. The second-order valence-corrected chi connectivity index (χ2v) is 5.49. The summed E-state index contributed by atoms with van der Waals surface area (Å²) in [6, 6.07) is 8.64. The summed E-state index contributed by atoms with van der Waals surface area (Å²) in [5, 5.41) is 7.86. The summed E-state index contributed by atoms with van der Waals surface area (Å²) >= 11 is 0. The number of hydrogen-bond acceptors (Lipinski definition) is 3. The van der Waals surface area contributed by atoms with Crippen LogP contribution in [-0.2, 0) is 13.7 Å². The van der Waals surface area contributed by atoms with Gasteiger partial charge in [0.05, 0.1) is 5.69 Å². The van der Waals surface area contributed by atoms with Crippen molar-refractivity contribution in [3.8, 4) is 5.75 Å². The van der Waals surface area contributed by atoms with E-state index in [0.29, 0.717) is 6.61 Å². The molecule has 0 bridgehead atoms. The average molecular weight is 287 g/mol. The van der Waals surface area contributed by atoms with E-state index < -0.39 is 0 Å². The highest BCUT2D eigenvalue weighted by Gasteiger charge is 2.12. The van der Waals surface area contributed by atoms with Gasteiger partial charge < -0.3 is 10.1 Å². The molecule has 2 rings (SSSR count). The quantitative estimate of drug-likeness (QED) is 0.848. The van der Waals surface area contributed by atoms with Gasteiger partial charge >= 0.3 is 0 Å². The first-order valence-electron chi connectivity index (χ1n) is 7.55. The molecule has 0 radical (unpaired) electrons. The zero-order valence-electron chi connectivity index (χ0n) is 13.4. The topological polar surface area (TPSA) is 39.1 Å². The van der Waals surface area contributed by atoms with Crippen LogP contribution in [0.15, 0.2) is 30.5 Å². The molecule has 0 spiro atoms. The third kappa shape index (κ3) is 4.33. The number of aryl methyl sites for hydroxylation is 2. The summed E-state index contributed by atoms with van der Waals surface area (Å²) in [5.41, 5.74) is 3.35. The van der Waals surface area contributed by atoms with Gasteiger partial charge in [-0.3, -0.25) is 4.68 Å². The van der Waals surface area contributed by atoms with E-state index in [4.69, 9.17) is 4.74 Å². The molecule has 1 atom stereocenters. The van der Waals surface area contributed by atoms with E-state index in [-0.39, 0.29) is 6.04 Å². The van der Waals surface area contributed by atoms with E-state index in [0.717, 1.165) is 24.4 Å². The zero-order chi connectivity index (χ0) is 15.2. The van der Waals surface area contributed by atoms with Crippen LogP contribution in [0, 0.1) is 6.92 Å². The molecule has 1 N–H and O–H groups in total. The second kappa shape index (κ2) is 7.27. The molecule has 0 saturated heterocycles. The largest absolute Gasteiger partial charge is 0.487 e. The van der Waals surface area contributed by atoms with Gasteiger partial charge in [0, 0.05) is 24.8 Å². The van der Waals surface area contributed by atoms with Gasteiger partial charge in [-0.25, -0.2) is 0 Å². The van der Waals surface area contributed by atoms with E-state index in [1.54, 1.807) is 4.68 Å². The summed E-state index contributed by atoms with van der Waals surface area (Å²) in [6.45, 7) is 7.94. The van der Waals surface area contributed by atoms with Crippen molar-refractivity contribution in [3.63, 3.8) is 0 Å². The van der Waals surface area contributed by atoms with Crippen LogP contribution in [0.25, 0.3) is 0 Å². The Morgan fingerprint density at radius 3 is 2.81 bits per heavy atom. The van der Waals surface area contributed by atoms with Crippen LogP contribution in [0.3, 0.4) is 0 Å². The number of hydrogen-bond donors (Lipinski definition) is 1. The van der Waals surface area contributed by atoms with Crippen molar-refractivity contribution in [2.24, 2.45) is 7.05 Å². The van der Waals surface area contributed by atoms with Crippen molar-refractivity contribution in [1.29, 1.82) is 0 Å². The molecule has 1 unspecified atom stereocenters. The number of nitrogens with zero attached hydrogens (tertiary/aromatic N) is 2. The Kier molecular flexibility index (Phi) is 5.39. The molecule has 0 aliphatic carbocycles. The Hall–Kier alpha value is -1.81. The minimum Gasteiger partial charge on any atom is -0.487 e. The van der Waals surface area contributed by atoms with Gasteiger partial charge in [-0.1, -0.05) is 19.1 Å². The highest BCUT2D eigenvalue weighted by molar-refractivity contribution is 5.39. The number of rotatable bonds is 7. The van der Waals surface area contributed by atoms with Crippen molar-refractivity contribution in [2.75, 3.05) is 6.54 Å². The normalized spacial score (nSPS) is 12.4. The molecular formula is C17H25N3O. The van der Waals surface area contributed by atoms with Gasteiger partial charge in [-0.05, 0) is 44.5 Å². The van der Waals surface area contributed by atoms with Crippen LogP contribution in [0.5, 0.6) is 5.75 Å². The molecule has 0 aliphatic heterocycles. The van der Waals surface area contributed by atoms with Gasteiger partial charge in [-0.15, -0.1) is 0 Å². The minimum atomic E-state index is 0.282. The monoisotopic (exact) mass is 287 g/mol. The number of ether oxygens (including phenoxy) is 1. The zero-order valence-corrected chi connectivity index (χ0v) is 13.4. The Balaban J connectivity index is 2.10. The van der Waals surface area contributed by atoms with E-state index >= 15 is 0 Å². The molecule has 2 aromatic rings. The Morgan fingerprint density at radius 1 is 1.33 bits per heavy atom. The maximum absolute atomic E-state index is 6.00. The summed E-state index contributed by atoms with van der Waals surface area (Å²) in [7, 11) is 1.92. The second-order valence-electron chi connectivity index (χ2n) is 5.49. The third-order valence-electron chi connectivity index (χ3n) is 3.48. The Morgan fingerprint density at radius 2 is 2.14 bits per heavy atom. The van der Waals surface area contributed by atoms with Gasteiger partial charge in [0.15, 0.2) is 0 Å². The summed E-state index contributed by atoms with van der Waals surface area (Å²) in [5.74, 6) is 0.941. The molecular weight excluding hydrogens is 262 g/mol. The van der Waals surface area contributed by atoms with Crippen molar-refractivity contribution < 1.29 is 4.74 Å². The van der Waals surface area contributed by atoms with Crippen molar-refractivity contribution >= 4 is 0 Å². The Bertz CT molecular complexity index is 577. The van der Waals surface area contributed by atoms with Gasteiger partial charge in [0.2, 0.25) is 0 Å². The van der Waals surface area contributed by atoms with Crippen molar-refractivity contribution in [3.05, 3.63) is 47.3 Å². The molecule has 1 heterocycles. The molecule has 114 valence electrons. The third-order valence-corrected chi connectivity index (χ3v) is 3.48. The number of benzene rings is 1. The fraction of sp³-hybridized carbons (Fsp3) is 0.471. The standard InChI is InChI=1S/C17H25N3O/c1-5-9-18-14(3)16-7-6-13(2)11-17(16)21-12-15-8-10-20(4)19-15/h6-8,10-11,14,18H,5,9,12H2,1-4H3. The van der Waals surface area contributed by atoms with Crippen LogP contribution >= 0.6 is 0 Å². The molecule has 1 aromatic carbocycles.